The maximum atomic E-state index is 10.7. The molecule has 20 heavy (non-hydrogen) atoms. The van der Waals surface area contributed by atoms with Crippen molar-refractivity contribution in [3.05, 3.63) is 34.9 Å². The van der Waals surface area contributed by atoms with E-state index in [1.54, 1.807) is 6.08 Å². The van der Waals surface area contributed by atoms with Crippen molar-refractivity contribution in [1.29, 1.82) is 0 Å². The Kier molecular flexibility index (Phi) is 4.68. The highest BCUT2D eigenvalue weighted by Crippen LogP contribution is 2.32. The number of carboxylic acid groups (broad SMARTS) is 1. The number of para-hydroxylation sites is 1. The molecule has 1 aromatic rings. The summed E-state index contributed by atoms with van der Waals surface area (Å²) in [5.74, 6) is -0.973. The third-order valence-corrected chi connectivity index (χ3v) is 3.46. The van der Waals surface area contributed by atoms with Gasteiger partial charge in [-0.2, -0.15) is 0 Å². The summed E-state index contributed by atoms with van der Waals surface area (Å²) in [6.45, 7) is 5.52. The first-order valence-electron chi connectivity index (χ1n) is 6.57. The first kappa shape index (κ1) is 14.9. The minimum atomic E-state index is -0.973. The van der Waals surface area contributed by atoms with Gasteiger partial charge in [0.05, 0.1) is 22.9 Å². The smallest absolute Gasteiger partial charge is 0.328 e. The Morgan fingerprint density at radius 3 is 2.65 bits per heavy atom. The molecule has 0 aromatic heterocycles. The predicted molar refractivity (Wildman–Crippen MR) is 80.3 cm³/mol. The van der Waals surface area contributed by atoms with Gasteiger partial charge in [-0.3, -0.25) is 0 Å². The molecule has 2 rings (SSSR count). The van der Waals surface area contributed by atoms with Crippen LogP contribution < -0.4 is 4.90 Å². The number of halogens is 1. The molecule has 1 saturated heterocycles. The fourth-order valence-corrected chi connectivity index (χ4v) is 2.82. The minimum Gasteiger partial charge on any atom is -0.478 e. The molecule has 1 fully saturated rings. The van der Waals surface area contributed by atoms with Crippen LogP contribution in [0.5, 0.6) is 0 Å². The van der Waals surface area contributed by atoms with E-state index in [-0.39, 0.29) is 12.2 Å². The Bertz CT molecular complexity index is 520. The number of hydrogen-bond donors (Lipinski definition) is 1. The number of anilines is 1. The number of carbonyl (C=O) groups is 1. The van der Waals surface area contributed by atoms with Crippen LogP contribution in [-0.4, -0.2) is 36.4 Å². The molecule has 4 nitrogen and oxygen atoms in total. The van der Waals surface area contributed by atoms with E-state index in [1.807, 2.05) is 32.0 Å². The average Bonchev–Trinajstić information content (AvgIpc) is 2.35. The number of benzene rings is 1. The SMILES string of the molecule is C[C@@H]1CN(c2c(Cl)cccc2/C=C/C(=O)O)C[C@H](C)O1. The van der Waals surface area contributed by atoms with Gasteiger partial charge < -0.3 is 14.7 Å². The van der Waals surface area contributed by atoms with Crippen molar-refractivity contribution in [2.24, 2.45) is 0 Å². The number of ether oxygens (including phenoxy) is 1. The highest BCUT2D eigenvalue weighted by molar-refractivity contribution is 6.33. The van der Waals surface area contributed by atoms with Gasteiger partial charge in [-0.1, -0.05) is 23.7 Å². The largest absolute Gasteiger partial charge is 0.478 e. The van der Waals surface area contributed by atoms with Gasteiger partial charge in [0.2, 0.25) is 0 Å². The second-order valence-corrected chi connectivity index (χ2v) is 5.42. The van der Waals surface area contributed by atoms with Gasteiger partial charge in [0, 0.05) is 19.2 Å². The van der Waals surface area contributed by atoms with Gasteiger partial charge in [0.25, 0.3) is 0 Å². The van der Waals surface area contributed by atoms with E-state index in [0.29, 0.717) is 5.02 Å². The van der Waals surface area contributed by atoms with Crippen LogP contribution in [0.3, 0.4) is 0 Å². The molecule has 0 radical (unpaired) electrons. The molecule has 1 N–H and O–H groups in total. The molecule has 0 spiro atoms. The van der Waals surface area contributed by atoms with Crippen molar-refractivity contribution >= 4 is 29.3 Å². The topological polar surface area (TPSA) is 49.8 Å². The van der Waals surface area contributed by atoms with Gasteiger partial charge >= 0.3 is 5.97 Å². The summed E-state index contributed by atoms with van der Waals surface area (Å²) in [7, 11) is 0. The highest BCUT2D eigenvalue weighted by atomic mass is 35.5. The Balaban J connectivity index is 2.36. The quantitative estimate of drug-likeness (QED) is 0.871. The Morgan fingerprint density at radius 1 is 1.40 bits per heavy atom. The molecule has 108 valence electrons. The molecular weight excluding hydrogens is 278 g/mol. The number of morpholine rings is 1. The maximum absolute atomic E-state index is 10.7. The summed E-state index contributed by atoms with van der Waals surface area (Å²) in [6, 6.07) is 5.51. The molecule has 0 bridgehead atoms. The summed E-state index contributed by atoms with van der Waals surface area (Å²) in [5.41, 5.74) is 1.68. The third kappa shape index (κ3) is 3.52. The molecule has 5 heteroatoms. The van der Waals surface area contributed by atoms with Gasteiger partial charge in [0.15, 0.2) is 0 Å². The maximum Gasteiger partial charge on any atom is 0.328 e. The second-order valence-electron chi connectivity index (χ2n) is 5.01. The van der Waals surface area contributed by atoms with Crippen molar-refractivity contribution < 1.29 is 14.6 Å². The zero-order valence-electron chi connectivity index (χ0n) is 11.5. The zero-order valence-corrected chi connectivity index (χ0v) is 12.3. The Hall–Kier alpha value is -1.52. The standard InChI is InChI=1S/C15H18ClNO3/c1-10-8-17(9-11(2)20-10)15-12(6-7-14(18)19)4-3-5-13(15)16/h3-7,10-11H,8-9H2,1-2H3,(H,18,19)/b7-6+/t10-,11+. The monoisotopic (exact) mass is 295 g/mol. The van der Waals surface area contributed by atoms with Crippen molar-refractivity contribution in [2.75, 3.05) is 18.0 Å². The fraction of sp³-hybridized carbons (Fsp3) is 0.400. The molecule has 2 atom stereocenters. The van der Waals surface area contributed by atoms with Gasteiger partial charge in [-0.15, -0.1) is 0 Å². The number of carboxylic acids is 1. The van der Waals surface area contributed by atoms with E-state index in [1.165, 1.54) is 0 Å². The number of nitrogens with zero attached hydrogens (tertiary/aromatic N) is 1. The predicted octanol–water partition coefficient (Wildman–Crippen LogP) is 3.05. The molecule has 0 aliphatic carbocycles. The summed E-state index contributed by atoms with van der Waals surface area (Å²) in [5, 5.41) is 9.40. The van der Waals surface area contributed by atoms with E-state index in [2.05, 4.69) is 4.90 Å². The number of rotatable bonds is 3. The lowest BCUT2D eigenvalue weighted by molar-refractivity contribution is -0.131. The van der Waals surface area contributed by atoms with Crippen LogP contribution in [0.25, 0.3) is 6.08 Å². The molecule has 1 aromatic carbocycles. The van der Waals surface area contributed by atoms with Crippen molar-refractivity contribution in [1.82, 2.24) is 0 Å². The molecule has 1 aliphatic rings. The zero-order chi connectivity index (χ0) is 14.7. The van der Waals surface area contributed by atoms with Crippen molar-refractivity contribution in [3.63, 3.8) is 0 Å². The van der Waals surface area contributed by atoms with Crippen LogP contribution in [-0.2, 0) is 9.53 Å². The molecule has 1 aliphatic heterocycles. The van der Waals surface area contributed by atoms with Gasteiger partial charge in [0.1, 0.15) is 0 Å². The van der Waals surface area contributed by atoms with Crippen LogP contribution in [0, 0.1) is 0 Å². The normalized spacial score (nSPS) is 23.2. The van der Waals surface area contributed by atoms with Crippen LogP contribution >= 0.6 is 11.6 Å². The van der Waals surface area contributed by atoms with Crippen molar-refractivity contribution in [3.8, 4) is 0 Å². The van der Waals surface area contributed by atoms with Crippen LogP contribution in [0.1, 0.15) is 19.4 Å². The van der Waals surface area contributed by atoms with E-state index < -0.39 is 5.97 Å². The molecule has 1 heterocycles. The summed E-state index contributed by atoms with van der Waals surface area (Å²) in [6.07, 6.45) is 2.94. The Labute approximate surface area is 123 Å². The van der Waals surface area contributed by atoms with Gasteiger partial charge in [-0.05, 0) is 31.6 Å². The molecular formula is C15H18ClNO3. The summed E-state index contributed by atoms with van der Waals surface area (Å²) >= 11 is 6.31. The first-order valence-corrected chi connectivity index (χ1v) is 6.95. The van der Waals surface area contributed by atoms with Gasteiger partial charge in [-0.25, -0.2) is 4.79 Å². The minimum absolute atomic E-state index is 0.117. The lowest BCUT2D eigenvalue weighted by Crippen LogP contribution is -2.45. The second kappa shape index (κ2) is 6.29. The average molecular weight is 296 g/mol. The van der Waals surface area contributed by atoms with Crippen LogP contribution in [0.2, 0.25) is 5.02 Å². The van der Waals surface area contributed by atoms with E-state index in [9.17, 15) is 4.79 Å². The Morgan fingerprint density at radius 2 is 2.05 bits per heavy atom. The molecule has 0 amide bonds. The molecule has 0 unspecified atom stereocenters. The number of hydrogen-bond acceptors (Lipinski definition) is 3. The molecule has 0 saturated carbocycles. The fourth-order valence-electron chi connectivity index (χ4n) is 2.52. The van der Waals surface area contributed by atoms with E-state index in [4.69, 9.17) is 21.4 Å². The lowest BCUT2D eigenvalue weighted by atomic mass is 10.1. The van der Waals surface area contributed by atoms with Crippen LogP contribution in [0.4, 0.5) is 5.69 Å². The highest BCUT2D eigenvalue weighted by Gasteiger charge is 2.25. The van der Waals surface area contributed by atoms with Crippen LogP contribution in [0.15, 0.2) is 24.3 Å². The third-order valence-electron chi connectivity index (χ3n) is 3.16. The summed E-state index contributed by atoms with van der Waals surface area (Å²) in [4.78, 5) is 12.9. The number of aliphatic carboxylic acids is 1. The van der Waals surface area contributed by atoms with Crippen molar-refractivity contribution in [2.45, 2.75) is 26.1 Å². The van der Waals surface area contributed by atoms with E-state index >= 15 is 0 Å². The van der Waals surface area contributed by atoms with E-state index in [0.717, 1.165) is 30.4 Å². The lowest BCUT2D eigenvalue weighted by Gasteiger charge is -2.38. The summed E-state index contributed by atoms with van der Waals surface area (Å²) < 4.78 is 5.72. The first-order chi connectivity index (χ1) is 9.47.